The van der Waals surface area contributed by atoms with Gasteiger partial charge >= 0.3 is 0 Å². The number of para-hydroxylation sites is 8. The van der Waals surface area contributed by atoms with Gasteiger partial charge in [0, 0.05) is 95.8 Å². The number of hydrogen-bond acceptors (Lipinski definition) is 2. The van der Waals surface area contributed by atoms with Crippen LogP contribution >= 0.6 is 34.3 Å². The van der Waals surface area contributed by atoms with E-state index in [1.54, 1.807) is 11.3 Å². The Hall–Kier alpha value is -8.39. The highest BCUT2D eigenvalue weighted by molar-refractivity contribution is 7.18. The first-order valence-electron chi connectivity index (χ1n) is 23.8. The lowest BCUT2D eigenvalue weighted by Gasteiger charge is -2.10. The third-order valence-corrected chi connectivity index (χ3v) is 16.1. The van der Waals surface area contributed by atoms with Crippen LogP contribution in [0.1, 0.15) is 0 Å². The average Bonchev–Trinajstić information content (AvgIpc) is 4.29. The third-order valence-electron chi connectivity index (χ3n) is 13.9. The van der Waals surface area contributed by atoms with Crippen molar-refractivity contribution in [1.82, 2.24) is 18.7 Å². The molecule has 0 saturated heterocycles. The Morgan fingerprint density at radius 1 is 0.306 bits per heavy atom. The summed E-state index contributed by atoms with van der Waals surface area (Å²) in [5.41, 5.74) is 13.5. The van der Waals surface area contributed by atoms with Crippen molar-refractivity contribution in [3.05, 3.63) is 254 Å². The minimum absolute atomic E-state index is 0. The maximum atomic E-state index is 6.24. The molecule has 7 heteroatoms. The normalized spacial score (nSPS) is 11.6. The molecular weight excluding hydrogens is 936 g/mol. The molecule has 16 aromatic rings. The van der Waals surface area contributed by atoms with Crippen LogP contribution in [-0.4, -0.2) is 18.7 Å². The summed E-state index contributed by atoms with van der Waals surface area (Å²) in [5.74, 6) is 0. The summed E-state index contributed by atoms with van der Waals surface area (Å²) < 4.78 is 9.73. The van der Waals surface area contributed by atoms with E-state index < -0.39 is 0 Å². The SMILES string of the molecule is Clc1ccc2scc(-n3c4ccccc4c4ccccc43)c2c1.[CH3-].c1ccc2c(c1)[nH]c1ccccc12.c1ccc2c(c1)c1ccccc1n2-c1ccc2scc(-n3c4ccccc4c4ccccc43)c2c1. The van der Waals surface area contributed by atoms with E-state index in [-0.39, 0.29) is 7.43 Å². The molecule has 72 heavy (non-hydrogen) atoms. The number of nitrogens with one attached hydrogen (secondary N) is 1. The Morgan fingerprint density at radius 3 is 1.03 bits per heavy atom. The molecule has 0 spiro atoms. The number of aromatic amines is 1. The van der Waals surface area contributed by atoms with E-state index >= 15 is 0 Å². The maximum Gasteiger partial charge on any atom is 0.0648 e. The highest BCUT2D eigenvalue weighted by atomic mass is 35.5. The quantitative estimate of drug-likeness (QED) is 0.171. The second kappa shape index (κ2) is 17.8. The molecule has 344 valence electrons. The van der Waals surface area contributed by atoms with Crippen molar-refractivity contribution < 1.29 is 0 Å². The number of benzene rings is 10. The number of thiophene rings is 2. The van der Waals surface area contributed by atoms with E-state index in [0.29, 0.717) is 0 Å². The molecule has 0 atom stereocenters. The van der Waals surface area contributed by atoms with Crippen LogP contribution in [-0.2, 0) is 0 Å². The van der Waals surface area contributed by atoms with Gasteiger partial charge in [0.25, 0.3) is 0 Å². The average molecular weight is 981 g/mol. The van der Waals surface area contributed by atoms with Crippen molar-refractivity contribution in [2.75, 3.05) is 0 Å². The first-order valence-corrected chi connectivity index (χ1v) is 25.9. The molecule has 6 heterocycles. The Morgan fingerprint density at radius 2 is 0.625 bits per heavy atom. The standard InChI is InChI=1S/C32H20N2S.C20H12ClNS.C12H9N.CH3/c1-5-13-27-22(9-1)23-10-2-6-14-28(23)33(27)21-17-18-32-26(19-21)31(20-35-32)34-29-15-7-3-11-24(29)25-12-4-8-16-30(25)34;21-13-9-10-20-16(11-13)19(12-23-20)22-17-7-3-1-5-14(17)15-6-2-4-8-18(15)22;1-3-7-11-9(5-1)10-6-2-4-8-12(10)13-11;/h1-20H;1-12H;1-8,13H;1H3/q;;;-1. The van der Waals surface area contributed by atoms with E-state index in [0.717, 1.165) is 5.02 Å². The van der Waals surface area contributed by atoms with Gasteiger partial charge in [-0.05, 0) is 84.9 Å². The topological polar surface area (TPSA) is 30.6 Å². The van der Waals surface area contributed by atoms with E-state index in [2.05, 4.69) is 254 Å². The monoisotopic (exact) mass is 979 g/mol. The summed E-state index contributed by atoms with van der Waals surface area (Å²) in [6.45, 7) is 0. The molecule has 1 N–H and O–H groups in total. The van der Waals surface area contributed by atoms with E-state index in [9.17, 15) is 0 Å². The van der Waals surface area contributed by atoms with Gasteiger partial charge in [-0.3, -0.25) is 0 Å². The molecule has 16 rings (SSSR count). The van der Waals surface area contributed by atoms with Gasteiger partial charge in [0.05, 0.1) is 44.5 Å². The number of aromatic nitrogens is 4. The zero-order valence-corrected chi connectivity index (χ0v) is 41.5. The summed E-state index contributed by atoms with van der Waals surface area (Å²) in [5, 5.41) is 18.1. The van der Waals surface area contributed by atoms with Gasteiger partial charge in [-0.25, -0.2) is 0 Å². The van der Waals surface area contributed by atoms with Gasteiger partial charge in [0.15, 0.2) is 0 Å². The summed E-state index contributed by atoms with van der Waals surface area (Å²) in [6, 6.07) is 81.8. The molecule has 0 aliphatic heterocycles. The molecule has 4 nitrogen and oxygen atoms in total. The van der Waals surface area contributed by atoms with Crippen molar-refractivity contribution in [3.8, 4) is 17.1 Å². The maximum absolute atomic E-state index is 6.24. The van der Waals surface area contributed by atoms with Crippen molar-refractivity contribution in [3.63, 3.8) is 0 Å². The third kappa shape index (κ3) is 7.02. The molecule has 6 aromatic heterocycles. The minimum atomic E-state index is 0. The highest BCUT2D eigenvalue weighted by Gasteiger charge is 2.18. The van der Waals surface area contributed by atoms with Crippen LogP contribution in [0.2, 0.25) is 5.02 Å². The number of nitrogens with zero attached hydrogens (tertiary/aromatic N) is 3. The lowest BCUT2D eigenvalue weighted by molar-refractivity contribution is 1.18. The minimum Gasteiger partial charge on any atom is -0.358 e. The molecule has 0 aliphatic carbocycles. The summed E-state index contributed by atoms with van der Waals surface area (Å²) >= 11 is 9.81. The van der Waals surface area contributed by atoms with E-state index in [1.165, 1.54) is 124 Å². The number of halogens is 1. The number of hydrogen-bond donors (Lipinski definition) is 1. The van der Waals surface area contributed by atoms with Crippen LogP contribution in [0.3, 0.4) is 0 Å². The van der Waals surface area contributed by atoms with E-state index in [1.807, 2.05) is 17.4 Å². The van der Waals surface area contributed by atoms with Crippen LogP contribution in [0.5, 0.6) is 0 Å². The lowest BCUT2D eigenvalue weighted by Crippen LogP contribution is -1.95. The predicted octanol–water partition coefficient (Wildman–Crippen LogP) is 19.5. The Bertz CT molecular complexity index is 4480. The van der Waals surface area contributed by atoms with Gasteiger partial charge < -0.3 is 26.1 Å². The fourth-order valence-electron chi connectivity index (χ4n) is 10.8. The zero-order valence-electron chi connectivity index (χ0n) is 39.1. The zero-order chi connectivity index (χ0) is 47.0. The lowest BCUT2D eigenvalue weighted by atomic mass is 10.2. The van der Waals surface area contributed by atoms with Crippen molar-refractivity contribution in [1.29, 1.82) is 0 Å². The van der Waals surface area contributed by atoms with Crippen molar-refractivity contribution in [2.45, 2.75) is 0 Å². The first kappa shape index (κ1) is 43.6. The fraction of sp³-hybridized carbons (Fsp3) is 0. The van der Waals surface area contributed by atoms with Crippen LogP contribution < -0.4 is 0 Å². The number of rotatable bonds is 3. The molecule has 0 radical (unpaired) electrons. The van der Waals surface area contributed by atoms with Gasteiger partial charge in [-0.2, -0.15) is 0 Å². The van der Waals surface area contributed by atoms with Crippen LogP contribution in [0, 0.1) is 7.43 Å². The Balaban J connectivity index is 0.000000116. The molecule has 0 fully saturated rings. The van der Waals surface area contributed by atoms with Gasteiger partial charge in [-0.15, -0.1) is 22.7 Å². The second-order valence-corrected chi connectivity index (χ2v) is 20.1. The molecule has 0 amide bonds. The Labute approximate surface area is 428 Å². The van der Waals surface area contributed by atoms with Crippen molar-refractivity contribution in [2.24, 2.45) is 0 Å². The van der Waals surface area contributed by atoms with Gasteiger partial charge in [0.2, 0.25) is 0 Å². The molecular formula is C65H44ClN4S2-. The summed E-state index contributed by atoms with van der Waals surface area (Å²) in [4.78, 5) is 3.38. The van der Waals surface area contributed by atoms with Crippen molar-refractivity contribution >= 4 is 142 Å². The van der Waals surface area contributed by atoms with E-state index in [4.69, 9.17) is 11.6 Å². The summed E-state index contributed by atoms with van der Waals surface area (Å²) in [7, 11) is 0. The largest absolute Gasteiger partial charge is 0.358 e. The van der Waals surface area contributed by atoms with Crippen LogP contribution in [0.25, 0.3) is 124 Å². The van der Waals surface area contributed by atoms with Gasteiger partial charge in [0.1, 0.15) is 0 Å². The van der Waals surface area contributed by atoms with Gasteiger partial charge in [-0.1, -0.05) is 157 Å². The first-order chi connectivity index (χ1) is 35.2. The summed E-state index contributed by atoms with van der Waals surface area (Å²) in [6.07, 6.45) is 0. The van der Waals surface area contributed by atoms with Crippen LogP contribution in [0.4, 0.5) is 0 Å². The second-order valence-electron chi connectivity index (χ2n) is 17.9. The molecule has 10 aromatic carbocycles. The smallest absolute Gasteiger partial charge is 0.0648 e. The predicted molar refractivity (Wildman–Crippen MR) is 314 cm³/mol. The molecule has 0 bridgehead atoms. The molecule has 0 saturated carbocycles. The molecule has 0 unspecified atom stereocenters. The number of fused-ring (bicyclic) bond motifs is 14. The highest BCUT2D eigenvalue weighted by Crippen LogP contribution is 2.41. The Kier molecular flexibility index (Phi) is 10.8. The number of H-pyrrole nitrogens is 1. The van der Waals surface area contributed by atoms with Crippen LogP contribution in [0.15, 0.2) is 241 Å². The molecule has 0 aliphatic rings. The fourth-order valence-corrected chi connectivity index (χ4v) is 12.8.